The molecule has 314 valence electrons. The van der Waals surface area contributed by atoms with Crippen molar-refractivity contribution in [3.05, 3.63) is 59.2 Å². The number of esters is 1. The van der Waals surface area contributed by atoms with Crippen molar-refractivity contribution in [2.45, 2.75) is 110 Å². The molecule has 4 heterocycles. The summed E-state index contributed by atoms with van der Waals surface area (Å²) in [6, 6.07) is 7.06. The van der Waals surface area contributed by atoms with E-state index >= 15 is 0 Å². The molecule has 2 aliphatic heterocycles. The number of fused-ring (bicyclic) bond motifs is 2. The predicted octanol–water partition coefficient (Wildman–Crippen LogP) is 5.99. The van der Waals surface area contributed by atoms with Crippen LogP contribution in [0.3, 0.4) is 0 Å². The number of H-pyrrole nitrogens is 2. The summed E-state index contributed by atoms with van der Waals surface area (Å²) in [5.74, 6) is -1.88. The van der Waals surface area contributed by atoms with Gasteiger partial charge in [0.05, 0.1) is 18.0 Å². The first-order chi connectivity index (χ1) is 27.5. The maximum absolute atomic E-state index is 14.8. The van der Waals surface area contributed by atoms with Gasteiger partial charge in [0.15, 0.2) is 0 Å². The molecule has 0 unspecified atom stereocenters. The number of nitrogens with zero attached hydrogens (tertiary/aromatic N) is 2. The molecule has 2 aliphatic rings. The molecule has 2 aromatic heterocycles. The minimum atomic E-state index is -0.910. The third kappa shape index (κ3) is 9.47. The Morgan fingerprint density at radius 1 is 0.966 bits per heavy atom. The van der Waals surface area contributed by atoms with Gasteiger partial charge < -0.3 is 39.7 Å². The van der Waals surface area contributed by atoms with Crippen molar-refractivity contribution in [3.63, 3.8) is 0 Å². The Hall–Kier alpha value is -5.02. The van der Waals surface area contributed by atoms with E-state index in [1.165, 1.54) is 43.1 Å². The topological polar surface area (TPSA) is 158 Å². The van der Waals surface area contributed by atoms with E-state index < -0.39 is 41.3 Å². The van der Waals surface area contributed by atoms with Gasteiger partial charge in [-0.15, -0.1) is 0 Å². The van der Waals surface area contributed by atoms with Crippen LogP contribution in [0.1, 0.15) is 71.9 Å². The van der Waals surface area contributed by atoms with Gasteiger partial charge in [0.1, 0.15) is 35.4 Å². The lowest BCUT2D eigenvalue weighted by Crippen LogP contribution is -2.55. The number of benzene rings is 2. The molecule has 15 heteroatoms. The van der Waals surface area contributed by atoms with Crippen molar-refractivity contribution in [1.29, 1.82) is 0 Å². The first-order valence-electron chi connectivity index (χ1n) is 20.0. The van der Waals surface area contributed by atoms with Gasteiger partial charge in [-0.2, -0.15) is 0 Å². The highest BCUT2D eigenvalue weighted by Crippen LogP contribution is 2.39. The Morgan fingerprint density at radius 2 is 1.57 bits per heavy atom. The van der Waals surface area contributed by atoms with E-state index in [4.69, 9.17) is 14.2 Å². The lowest BCUT2D eigenvalue weighted by atomic mass is 9.94. The first-order valence-corrected chi connectivity index (χ1v) is 20.0. The molecule has 6 rings (SSSR count). The number of carbonyl (C=O) groups is 4. The van der Waals surface area contributed by atoms with Crippen LogP contribution in [0.25, 0.3) is 33.2 Å². The van der Waals surface area contributed by atoms with Gasteiger partial charge in [-0.05, 0) is 101 Å². The minimum Gasteiger partial charge on any atom is -0.461 e. The van der Waals surface area contributed by atoms with Gasteiger partial charge in [-0.25, -0.2) is 13.6 Å². The van der Waals surface area contributed by atoms with E-state index in [-0.39, 0.29) is 36.0 Å². The zero-order valence-electron chi connectivity index (χ0n) is 34.6. The molecule has 4 N–H and O–H groups in total. The van der Waals surface area contributed by atoms with Gasteiger partial charge >= 0.3 is 12.1 Å². The summed E-state index contributed by atoms with van der Waals surface area (Å²) in [5, 5.41) is 7.97. The number of methoxy groups -OCH3 is 1. The number of likely N-dealkylation sites (N-methyl/N-ethyl adjacent to an activating group) is 1. The van der Waals surface area contributed by atoms with E-state index in [9.17, 15) is 28.0 Å². The van der Waals surface area contributed by atoms with Crippen molar-refractivity contribution >= 4 is 45.7 Å². The van der Waals surface area contributed by atoms with Crippen molar-refractivity contribution in [2.24, 2.45) is 5.92 Å². The van der Waals surface area contributed by atoms with E-state index in [0.717, 1.165) is 27.6 Å². The van der Waals surface area contributed by atoms with Crippen LogP contribution in [0.15, 0.2) is 36.4 Å². The van der Waals surface area contributed by atoms with Crippen molar-refractivity contribution < 1.29 is 42.2 Å². The molecule has 2 saturated heterocycles. The summed E-state index contributed by atoms with van der Waals surface area (Å²) in [6.45, 7) is 11.4. The zero-order chi connectivity index (χ0) is 42.1. The zero-order valence-corrected chi connectivity index (χ0v) is 34.6. The highest BCUT2D eigenvalue weighted by molar-refractivity contribution is 5.96. The summed E-state index contributed by atoms with van der Waals surface area (Å²) in [4.78, 5) is 62.4. The normalized spacial score (nSPS) is 20.7. The Kier molecular flexibility index (Phi) is 12.8. The third-order valence-electron chi connectivity index (χ3n) is 11.2. The standard InChI is InChI=1S/C43H56F2N6O7/c1-9-35(49-40(53)23(2)50(7)42(55)58-43(4,5)6)41(54)51-21-25(22-56-8)14-29(51)19-34-32-13-11-27(45)16-37(32)48-39(34)38-33(31-12-10-26(44)15-36(31)47-38)18-28-17-30(20-46-28)57-24(3)52/h10-13,15-16,23,25,28-30,35,46-48H,9,14,17-22H2,1-8H3,(H,49,53)/t23-,25-,28-,29-,30-,35-/m0/s1. The number of amides is 3. The number of halogens is 2. The van der Waals surface area contributed by atoms with E-state index in [1.54, 1.807) is 46.9 Å². The highest BCUT2D eigenvalue weighted by Gasteiger charge is 2.40. The number of aromatic amines is 2. The van der Waals surface area contributed by atoms with Gasteiger partial charge in [-0.1, -0.05) is 6.92 Å². The number of ether oxygens (including phenoxy) is 3. The molecule has 3 amide bonds. The average Bonchev–Trinajstić information content (AvgIpc) is 3.93. The van der Waals surface area contributed by atoms with Crippen LogP contribution in [0, 0.1) is 17.6 Å². The third-order valence-corrected chi connectivity index (χ3v) is 11.2. The first kappa shape index (κ1) is 42.6. The molecule has 0 radical (unpaired) electrons. The maximum atomic E-state index is 14.8. The van der Waals surface area contributed by atoms with Crippen LogP contribution in [0.2, 0.25) is 0 Å². The number of hydrogen-bond donors (Lipinski definition) is 4. The average molecular weight is 807 g/mol. The number of aromatic nitrogens is 2. The highest BCUT2D eigenvalue weighted by atomic mass is 19.1. The lowest BCUT2D eigenvalue weighted by Gasteiger charge is -2.31. The van der Waals surface area contributed by atoms with E-state index in [1.807, 2.05) is 11.8 Å². The Labute approximate surface area is 337 Å². The summed E-state index contributed by atoms with van der Waals surface area (Å²) in [7, 11) is 3.11. The fraction of sp³-hybridized carbons (Fsp3) is 0.535. The monoisotopic (exact) mass is 806 g/mol. The second-order valence-corrected chi connectivity index (χ2v) is 16.8. The van der Waals surface area contributed by atoms with Crippen molar-refractivity contribution in [2.75, 3.05) is 33.9 Å². The van der Waals surface area contributed by atoms with Crippen LogP contribution < -0.4 is 10.6 Å². The Balaban J connectivity index is 1.33. The van der Waals surface area contributed by atoms with Crippen LogP contribution >= 0.6 is 0 Å². The molecule has 0 saturated carbocycles. The van der Waals surface area contributed by atoms with E-state index in [0.29, 0.717) is 68.5 Å². The molecule has 4 aromatic rings. The fourth-order valence-electron chi connectivity index (χ4n) is 8.38. The van der Waals surface area contributed by atoms with Gasteiger partial charge in [0.2, 0.25) is 11.8 Å². The molecule has 0 aliphatic carbocycles. The predicted molar refractivity (Wildman–Crippen MR) is 216 cm³/mol. The lowest BCUT2D eigenvalue weighted by molar-refractivity contribution is -0.145. The second-order valence-electron chi connectivity index (χ2n) is 16.8. The molecule has 13 nitrogen and oxygen atoms in total. The maximum Gasteiger partial charge on any atom is 0.410 e. The molecular weight excluding hydrogens is 751 g/mol. The number of nitrogens with one attached hydrogen (secondary N) is 4. The number of likely N-dealkylation sites (tertiary alicyclic amines) is 1. The van der Waals surface area contributed by atoms with Gasteiger partial charge in [0.25, 0.3) is 0 Å². The number of carbonyl (C=O) groups excluding carboxylic acids is 4. The van der Waals surface area contributed by atoms with Gasteiger partial charge in [0, 0.05) is 80.4 Å². The van der Waals surface area contributed by atoms with Crippen molar-refractivity contribution in [1.82, 2.24) is 30.4 Å². The molecule has 6 atom stereocenters. The van der Waals surface area contributed by atoms with Crippen LogP contribution in [-0.2, 0) is 41.4 Å². The smallest absolute Gasteiger partial charge is 0.410 e. The Bertz CT molecular complexity index is 2160. The second kappa shape index (κ2) is 17.5. The molecule has 0 bridgehead atoms. The fourth-order valence-corrected chi connectivity index (χ4v) is 8.38. The SMILES string of the molecule is CC[C@H](NC(=O)[C@H](C)N(C)C(=O)OC(C)(C)C)C(=O)N1C[C@@H](COC)C[C@H]1Cc1c(-c2[nH]c3cc(F)ccc3c2C[C@@H]2C[C@H](OC(C)=O)CN2)[nH]c2cc(F)ccc12. The summed E-state index contributed by atoms with van der Waals surface area (Å²) < 4.78 is 45.9. The van der Waals surface area contributed by atoms with Crippen molar-refractivity contribution in [3.8, 4) is 11.4 Å². The summed E-state index contributed by atoms with van der Waals surface area (Å²) in [5.41, 5.74) is 3.61. The van der Waals surface area contributed by atoms with Gasteiger partial charge in [-0.3, -0.25) is 19.3 Å². The van der Waals surface area contributed by atoms with Crippen LogP contribution in [-0.4, -0.2) is 113 Å². The number of hydrogen-bond acceptors (Lipinski definition) is 8. The largest absolute Gasteiger partial charge is 0.461 e. The minimum absolute atomic E-state index is 0.0145. The summed E-state index contributed by atoms with van der Waals surface area (Å²) in [6.07, 6.45) is 1.52. The van der Waals surface area contributed by atoms with Crippen LogP contribution in [0.5, 0.6) is 0 Å². The van der Waals surface area contributed by atoms with Crippen LogP contribution in [0.4, 0.5) is 13.6 Å². The quantitative estimate of drug-likeness (QED) is 0.120. The Morgan fingerprint density at radius 3 is 2.12 bits per heavy atom. The molecule has 58 heavy (non-hydrogen) atoms. The summed E-state index contributed by atoms with van der Waals surface area (Å²) >= 11 is 0. The molecule has 2 aromatic carbocycles. The molecule has 2 fully saturated rings. The molecular formula is C43H56F2N6O7. The van der Waals surface area contributed by atoms with E-state index in [2.05, 4.69) is 20.6 Å². The number of rotatable bonds is 13. The molecule has 0 spiro atoms.